The lowest BCUT2D eigenvalue weighted by Crippen LogP contribution is -2.47. The summed E-state index contributed by atoms with van der Waals surface area (Å²) in [6.07, 6.45) is 0. The molecule has 0 heterocycles. The molecule has 0 bridgehead atoms. The normalized spacial score (nSPS) is 11.9. The van der Waals surface area contributed by atoms with E-state index in [1.807, 2.05) is 0 Å². The Morgan fingerprint density at radius 3 is 2.24 bits per heavy atom. The summed E-state index contributed by atoms with van der Waals surface area (Å²) in [5, 5.41) is 5.17. The Kier molecular flexibility index (Phi) is 10.2. The van der Waals surface area contributed by atoms with Crippen LogP contribution in [0.3, 0.4) is 0 Å². The molecular weight excluding hydrogens is 444 g/mol. The summed E-state index contributed by atoms with van der Waals surface area (Å²) >= 11 is 0. The fourth-order valence-electron chi connectivity index (χ4n) is 3.37. The zero-order valence-electron chi connectivity index (χ0n) is 20.3. The summed E-state index contributed by atoms with van der Waals surface area (Å²) in [6, 6.07) is 7.06. The van der Waals surface area contributed by atoms with Gasteiger partial charge in [0, 0.05) is 18.3 Å². The van der Waals surface area contributed by atoms with E-state index in [-0.39, 0.29) is 5.92 Å². The monoisotopic (exact) mass is 477 g/mol. The van der Waals surface area contributed by atoms with E-state index in [4.69, 9.17) is 9.47 Å². The number of nitrogens with one attached hydrogen (secondary N) is 2. The van der Waals surface area contributed by atoms with Crippen molar-refractivity contribution in [2.45, 2.75) is 33.7 Å². The van der Waals surface area contributed by atoms with Crippen molar-refractivity contribution in [2.24, 2.45) is 5.92 Å². The van der Waals surface area contributed by atoms with Crippen LogP contribution in [-0.4, -0.2) is 56.1 Å². The van der Waals surface area contributed by atoms with Crippen molar-refractivity contribution in [3.05, 3.63) is 53.6 Å². The Bertz CT molecular complexity index is 960. The van der Waals surface area contributed by atoms with Gasteiger partial charge in [0.15, 0.2) is 11.5 Å². The summed E-state index contributed by atoms with van der Waals surface area (Å²) in [5.74, 6) is -2.89. The van der Waals surface area contributed by atoms with E-state index in [1.54, 1.807) is 32.0 Å². The van der Waals surface area contributed by atoms with Crippen molar-refractivity contribution >= 4 is 17.5 Å². The first-order chi connectivity index (χ1) is 16.2. The molecule has 7 nitrogen and oxygen atoms in total. The lowest BCUT2D eigenvalue weighted by atomic mass is 10.0. The Hall–Kier alpha value is -3.20. The van der Waals surface area contributed by atoms with Crippen LogP contribution >= 0.6 is 0 Å². The molecule has 0 saturated heterocycles. The number of hydrogen-bond acceptors (Lipinski definition) is 5. The zero-order chi connectivity index (χ0) is 25.3. The van der Waals surface area contributed by atoms with Crippen LogP contribution in [0.15, 0.2) is 36.4 Å². The molecule has 2 N–H and O–H groups in total. The lowest BCUT2D eigenvalue weighted by Gasteiger charge is -2.22. The van der Waals surface area contributed by atoms with E-state index in [9.17, 15) is 18.4 Å². The maximum absolute atomic E-state index is 14.0. The summed E-state index contributed by atoms with van der Waals surface area (Å²) in [4.78, 5) is 27.7. The molecule has 0 aliphatic heterocycles. The number of methoxy groups -OCH3 is 1. The van der Waals surface area contributed by atoms with Gasteiger partial charge in [0.25, 0.3) is 5.91 Å². The summed E-state index contributed by atoms with van der Waals surface area (Å²) in [5.41, 5.74) is -0.296. The minimum atomic E-state index is -1.03. The Balaban J connectivity index is 2.14. The number of anilines is 1. The first-order valence-electron chi connectivity index (χ1n) is 11.3. The van der Waals surface area contributed by atoms with Crippen LogP contribution in [-0.2, 0) is 4.79 Å². The van der Waals surface area contributed by atoms with Crippen LogP contribution in [0.1, 0.15) is 38.1 Å². The van der Waals surface area contributed by atoms with Gasteiger partial charge < -0.3 is 25.0 Å². The average molecular weight is 478 g/mol. The highest BCUT2D eigenvalue weighted by atomic mass is 19.1. The van der Waals surface area contributed by atoms with E-state index in [2.05, 4.69) is 29.4 Å². The number of carbonyl (C=O) groups is 2. The molecule has 0 fully saturated rings. The molecule has 0 saturated carbocycles. The standard InChI is InChI=1S/C25H33F2N3O4/c1-6-30(7-2)13-14-34-21-15-17(11-12-20(21)33-5)28-25(32)23(16(3)4)29-24(31)22-18(26)9-8-10-19(22)27/h8-12,15-16,23H,6-7,13-14H2,1-5H3,(H,28,32)(H,29,31). The number of hydrogen-bond donors (Lipinski definition) is 2. The molecule has 2 amide bonds. The smallest absolute Gasteiger partial charge is 0.257 e. The second-order valence-corrected chi connectivity index (χ2v) is 8.02. The molecule has 9 heteroatoms. The Labute approximate surface area is 199 Å². The van der Waals surface area contributed by atoms with Crippen LogP contribution < -0.4 is 20.1 Å². The van der Waals surface area contributed by atoms with Crippen LogP contribution in [0.4, 0.5) is 14.5 Å². The van der Waals surface area contributed by atoms with Gasteiger partial charge in [-0.1, -0.05) is 33.8 Å². The van der Waals surface area contributed by atoms with Gasteiger partial charge in [-0.25, -0.2) is 8.78 Å². The van der Waals surface area contributed by atoms with Crippen molar-refractivity contribution in [1.29, 1.82) is 0 Å². The Morgan fingerprint density at radius 2 is 1.68 bits per heavy atom. The third-order valence-corrected chi connectivity index (χ3v) is 5.42. The first kappa shape index (κ1) is 27.0. The molecule has 2 rings (SSSR count). The summed E-state index contributed by atoms with van der Waals surface area (Å²) < 4.78 is 39.2. The minimum Gasteiger partial charge on any atom is -0.493 e. The van der Waals surface area contributed by atoms with Gasteiger partial charge >= 0.3 is 0 Å². The summed E-state index contributed by atoms with van der Waals surface area (Å²) in [7, 11) is 1.52. The molecule has 2 aromatic carbocycles. The molecule has 0 radical (unpaired) electrons. The van der Waals surface area contributed by atoms with Crippen molar-refractivity contribution < 1.29 is 27.8 Å². The lowest BCUT2D eigenvalue weighted by molar-refractivity contribution is -0.118. The molecule has 186 valence electrons. The van der Waals surface area contributed by atoms with E-state index in [0.717, 1.165) is 31.8 Å². The molecule has 34 heavy (non-hydrogen) atoms. The highest BCUT2D eigenvalue weighted by Crippen LogP contribution is 2.30. The Morgan fingerprint density at radius 1 is 1.03 bits per heavy atom. The van der Waals surface area contributed by atoms with Crippen molar-refractivity contribution in [1.82, 2.24) is 10.2 Å². The molecule has 0 aliphatic rings. The van der Waals surface area contributed by atoms with Gasteiger partial charge in [-0.3, -0.25) is 9.59 Å². The fourth-order valence-corrected chi connectivity index (χ4v) is 3.37. The third-order valence-electron chi connectivity index (χ3n) is 5.42. The highest BCUT2D eigenvalue weighted by molar-refractivity contribution is 6.01. The average Bonchev–Trinajstić information content (AvgIpc) is 2.80. The first-order valence-corrected chi connectivity index (χ1v) is 11.3. The topological polar surface area (TPSA) is 79.9 Å². The molecule has 1 unspecified atom stereocenters. The number of carbonyl (C=O) groups excluding carboxylic acids is 2. The second-order valence-electron chi connectivity index (χ2n) is 8.02. The molecule has 1 atom stereocenters. The predicted octanol–water partition coefficient (Wildman–Crippen LogP) is 4.09. The number of ether oxygens (including phenoxy) is 2. The number of halogens is 2. The van der Waals surface area contributed by atoms with Crippen LogP contribution in [0.2, 0.25) is 0 Å². The quantitative estimate of drug-likeness (QED) is 0.482. The van der Waals surface area contributed by atoms with Gasteiger partial charge in [0.1, 0.15) is 29.8 Å². The van der Waals surface area contributed by atoms with E-state index < -0.39 is 35.1 Å². The molecule has 0 aromatic heterocycles. The maximum atomic E-state index is 14.0. The number of benzene rings is 2. The third kappa shape index (κ3) is 7.15. The van der Waals surface area contributed by atoms with Gasteiger partial charge in [0.05, 0.1) is 7.11 Å². The highest BCUT2D eigenvalue weighted by Gasteiger charge is 2.27. The number of amides is 2. The second kappa shape index (κ2) is 12.9. The van der Waals surface area contributed by atoms with Crippen molar-refractivity contribution in [3.8, 4) is 11.5 Å². The predicted molar refractivity (Wildman–Crippen MR) is 127 cm³/mol. The van der Waals surface area contributed by atoms with Crippen molar-refractivity contribution in [3.63, 3.8) is 0 Å². The van der Waals surface area contributed by atoms with Gasteiger partial charge in [0.2, 0.25) is 5.91 Å². The molecule has 0 aliphatic carbocycles. The SMILES string of the molecule is CCN(CC)CCOc1cc(NC(=O)C(NC(=O)c2c(F)cccc2F)C(C)C)ccc1OC. The number of likely N-dealkylation sites (N-methyl/N-ethyl adjacent to an activating group) is 1. The minimum absolute atomic E-state index is 0.346. The van der Waals surface area contributed by atoms with Gasteiger partial charge in [-0.05, 0) is 43.3 Å². The van der Waals surface area contributed by atoms with Crippen LogP contribution in [0.25, 0.3) is 0 Å². The van der Waals surface area contributed by atoms with E-state index in [0.29, 0.717) is 23.8 Å². The fraction of sp³-hybridized carbons (Fsp3) is 0.440. The molecule has 0 spiro atoms. The van der Waals surface area contributed by atoms with Crippen LogP contribution in [0, 0.1) is 17.6 Å². The largest absolute Gasteiger partial charge is 0.493 e. The van der Waals surface area contributed by atoms with Crippen LogP contribution in [0.5, 0.6) is 11.5 Å². The molecular formula is C25H33F2N3O4. The van der Waals surface area contributed by atoms with E-state index >= 15 is 0 Å². The number of nitrogens with zero attached hydrogens (tertiary/aromatic N) is 1. The van der Waals surface area contributed by atoms with Gasteiger partial charge in [-0.2, -0.15) is 0 Å². The van der Waals surface area contributed by atoms with Gasteiger partial charge in [-0.15, -0.1) is 0 Å². The van der Waals surface area contributed by atoms with E-state index in [1.165, 1.54) is 13.2 Å². The summed E-state index contributed by atoms with van der Waals surface area (Å²) in [6.45, 7) is 10.6. The maximum Gasteiger partial charge on any atom is 0.257 e. The zero-order valence-corrected chi connectivity index (χ0v) is 20.3. The number of rotatable bonds is 12. The van der Waals surface area contributed by atoms with Crippen molar-refractivity contribution in [2.75, 3.05) is 38.7 Å². The molecule has 2 aromatic rings.